The predicted molar refractivity (Wildman–Crippen MR) is 68.3 cm³/mol. The summed E-state index contributed by atoms with van der Waals surface area (Å²) in [5.74, 6) is 6.10. The first kappa shape index (κ1) is 14.2. The van der Waals surface area contributed by atoms with Gasteiger partial charge in [-0.1, -0.05) is 6.92 Å². The van der Waals surface area contributed by atoms with Crippen molar-refractivity contribution in [1.29, 1.82) is 0 Å². The Morgan fingerprint density at radius 2 is 2.35 bits per heavy atom. The van der Waals surface area contributed by atoms with E-state index in [2.05, 4.69) is 17.4 Å². The van der Waals surface area contributed by atoms with Crippen molar-refractivity contribution in [1.82, 2.24) is 15.2 Å². The number of ether oxygens (including phenoxy) is 1. The molecule has 0 bridgehead atoms. The number of hydrogen-bond acceptors (Lipinski definition) is 4. The minimum absolute atomic E-state index is 0.334. The van der Waals surface area contributed by atoms with Gasteiger partial charge in [0.15, 0.2) is 0 Å². The summed E-state index contributed by atoms with van der Waals surface area (Å²) in [5.41, 5.74) is 4.14. The molecule has 1 aromatic rings. The van der Waals surface area contributed by atoms with Gasteiger partial charge < -0.3 is 4.74 Å². The van der Waals surface area contributed by atoms with Crippen LogP contribution in [0.1, 0.15) is 25.3 Å². The molecular formula is C12H24N4O. The number of hydrazine groups is 1. The topological polar surface area (TPSA) is 65.1 Å². The number of hydrogen-bond donors (Lipinski definition) is 2. The zero-order valence-corrected chi connectivity index (χ0v) is 11.0. The second-order valence-electron chi connectivity index (χ2n) is 4.72. The smallest absolute Gasteiger partial charge is 0.0521 e. The van der Waals surface area contributed by atoms with Gasteiger partial charge in [-0.2, -0.15) is 5.10 Å². The Bertz CT molecular complexity index is 313. The highest BCUT2D eigenvalue weighted by atomic mass is 16.5. The number of nitrogens with two attached hydrogens (primary N) is 1. The first-order chi connectivity index (χ1) is 8.15. The Balaban J connectivity index is 2.31. The molecule has 2 unspecified atom stereocenters. The Morgan fingerprint density at radius 3 is 2.88 bits per heavy atom. The van der Waals surface area contributed by atoms with Crippen LogP contribution in [0.5, 0.6) is 0 Å². The van der Waals surface area contributed by atoms with Crippen molar-refractivity contribution in [3.63, 3.8) is 0 Å². The maximum Gasteiger partial charge on any atom is 0.0521 e. The van der Waals surface area contributed by atoms with Crippen molar-refractivity contribution in [2.45, 2.75) is 32.2 Å². The molecule has 17 heavy (non-hydrogen) atoms. The molecule has 5 nitrogen and oxygen atoms in total. The molecule has 0 spiro atoms. The molecule has 1 heterocycles. The molecule has 0 aliphatic rings. The van der Waals surface area contributed by atoms with Crippen molar-refractivity contribution < 1.29 is 4.74 Å². The van der Waals surface area contributed by atoms with E-state index in [0.717, 1.165) is 25.9 Å². The first-order valence-electron chi connectivity index (χ1n) is 6.08. The summed E-state index contributed by atoms with van der Waals surface area (Å²) in [7, 11) is 3.67. The number of methoxy groups -OCH3 is 1. The molecule has 0 radical (unpaired) electrons. The highest BCUT2D eigenvalue weighted by Crippen LogP contribution is 2.11. The van der Waals surface area contributed by atoms with Crippen molar-refractivity contribution in [2.24, 2.45) is 18.8 Å². The molecule has 0 saturated carbocycles. The van der Waals surface area contributed by atoms with Gasteiger partial charge in [0, 0.05) is 33.0 Å². The van der Waals surface area contributed by atoms with Crippen molar-refractivity contribution in [3.05, 3.63) is 18.0 Å². The zero-order chi connectivity index (χ0) is 12.7. The van der Waals surface area contributed by atoms with Gasteiger partial charge in [-0.05, 0) is 30.7 Å². The predicted octanol–water partition coefficient (Wildman–Crippen LogP) is 0.857. The van der Waals surface area contributed by atoms with E-state index in [1.165, 1.54) is 5.56 Å². The second kappa shape index (κ2) is 7.42. The highest BCUT2D eigenvalue weighted by molar-refractivity contribution is 5.03. The van der Waals surface area contributed by atoms with E-state index < -0.39 is 0 Å². The van der Waals surface area contributed by atoms with E-state index in [0.29, 0.717) is 12.0 Å². The molecule has 0 fully saturated rings. The van der Waals surface area contributed by atoms with Gasteiger partial charge in [-0.3, -0.25) is 16.0 Å². The highest BCUT2D eigenvalue weighted by Gasteiger charge is 2.12. The standard InChI is InChI=1S/C12H24N4O/c1-10(9-17-3)6-12(15-13)5-4-11-7-14-16(2)8-11/h7-8,10,12,15H,4-6,9,13H2,1-3H3. The molecule has 0 aromatic carbocycles. The van der Waals surface area contributed by atoms with Gasteiger partial charge in [-0.25, -0.2) is 0 Å². The van der Waals surface area contributed by atoms with E-state index in [1.807, 2.05) is 24.1 Å². The number of nitrogens with zero attached hydrogens (tertiary/aromatic N) is 2. The maximum atomic E-state index is 5.57. The van der Waals surface area contributed by atoms with Gasteiger partial charge >= 0.3 is 0 Å². The molecule has 1 rings (SSSR count). The number of nitrogens with one attached hydrogen (secondary N) is 1. The molecule has 2 atom stereocenters. The molecule has 3 N–H and O–H groups in total. The largest absolute Gasteiger partial charge is 0.384 e. The third kappa shape index (κ3) is 5.30. The average Bonchev–Trinajstić information content (AvgIpc) is 2.70. The van der Waals surface area contributed by atoms with Crippen LogP contribution in [0.4, 0.5) is 0 Å². The Morgan fingerprint density at radius 1 is 1.59 bits per heavy atom. The monoisotopic (exact) mass is 240 g/mol. The van der Waals surface area contributed by atoms with E-state index in [4.69, 9.17) is 10.6 Å². The Hall–Kier alpha value is -0.910. The fourth-order valence-electron chi connectivity index (χ4n) is 2.05. The third-order valence-corrected chi connectivity index (χ3v) is 2.91. The van der Waals surface area contributed by atoms with E-state index in [-0.39, 0.29) is 0 Å². The lowest BCUT2D eigenvalue weighted by atomic mass is 9.98. The molecule has 98 valence electrons. The summed E-state index contributed by atoms with van der Waals surface area (Å²) in [4.78, 5) is 0. The lowest BCUT2D eigenvalue weighted by Gasteiger charge is -2.19. The molecular weight excluding hydrogens is 216 g/mol. The number of aryl methyl sites for hydroxylation is 2. The lowest BCUT2D eigenvalue weighted by molar-refractivity contribution is 0.148. The van der Waals surface area contributed by atoms with Gasteiger partial charge in [0.2, 0.25) is 0 Å². The van der Waals surface area contributed by atoms with Gasteiger partial charge in [-0.15, -0.1) is 0 Å². The Labute approximate surface area is 103 Å². The number of rotatable bonds is 8. The maximum absolute atomic E-state index is 5.57. The molecule has 1 aromatic heterocycles. The van der Waals surface area contributed by atoms with Crippen molar-refractivity contribution >= 4 is 0 Å². The molecule has 0 aliphatic heterocycles. The van der Waals surface area contributed by atoms with Crippen LogP contribution in [-0.4, -0.2) is 29.5 Å². The third-order valence-electron chi connectivity index (χ3n) is 2.91. The van der Waals surface area contributed by atoms with E-state index in [9.17, 15) is 0 Å². The van der Waals surface area contributed by atoms with Crippen molar-refractivity contribution in [2.75, 3.05) is 13.7 Å². The minimum atomic E-state index is 0.334. The quantitative estimate of drug-likeness (QED) is 0.522. The first-order valence-corrected chi connectivity index (χ1v) is 6.08. The van der Waals surface area contributed by atoms with Crippen LogP contribution in [0.25, 0.3) is 0 Å². The van der Waals surface area contributed by atoms with Gasteiger partial charge in [0.05, 0.1) is 6.20 Å². The van der Waals surface area contributed by atoms with E-state index in [1.54, 1.807) is 7.11 Å². The second-order valence-corrected chi connectivity index (χ2v) is 4.72. The van der Waals surface area contributed by atoms with Gasteiger partial charge in [0.1, 0.15) is 0 Å². The van der Waals surface area contributed by atoms with Gasteiger partial charge in [0.25, 0.3) is 0 Å². The summed E-state index contributed by atoms with van der Waals surface area (Å²) in [6.07, 6.45) is 7.02. The summed E-state index contributed by atoms with van der Waals surface area (Å²) < 4.78 is 6.96. The fraction of sp³-hybridized carbons (Fsp3) is 0.750. The lowest BCUT2D eigenvalue weighted by Crippen LogP contribution is -2.37. The fourth-order valence-corrected chi connectivity index (χ4v) is 2.05. The Kier molecular flexibility index (Phi) is 6.18. The van der Waals surface area contributed by atoms with Crippen LogP contribution < -0.4 is 11.3 Å². The van der Waals surface area contributed by atoms with Crippen LogP contribution in [0, 0.1) is 5.92 Å². The normalized spacial score (nSPS) is 14.8. The molecule has 0 amide bonds. The average molecular weight is 240 g/mol. The van der Waals surface area contributed by atoms with Crippen LogP contribution in [0.2, 0.25) is 0 Å². The van der Waals surface area contributed by atoms with Crippen molar-refractivity contribution in [3.8, 4) is 0 Å². The summed E-state index contributed by atoms with van der Waals surface area (Å²) in [6.45, 7) is 2.96. The number of aromatic nitrogens is 2. The van der Waals surface area contributed by atoms with Crippen LogP contribution in [0.15, 0.2) is 12.4 Å². The summed E-state index contributed by atoms with van der Waals surface area (Å²) >= 11 is 0. The molecule has 0 aliphatic carbocycles. The molecule has 0 saturated heterocycles. The van der Waals surface area contributed by atoms with Crippen LogP contribution in [-0.2, 0) is 18.2 Å². The summed E-state index contributed by atoms with van der Waals surface area (Å²) in [5, 5.41) is 4.16. The van der Waals surface area contributed by atoms with Crippen LogP contribution >= 0.6 is 0 Å². The zero-order valence-electron chi connectivity index (χ0n) is 11.0. The van der Waals surface area contributed by atoms with E-state index >= 15 is 0 Å². The molecule has 5 heteroatoms. The van der Waals surface area contributed by atoms with Crippen LogP contribution in [0.3, 0.4) is 0 Å². The summed E-state index contributed by atoms with van der Waals surface area (Å²) in [6, 6.07) is 0.334. The SMILES string of the molecule is COCC(C)CC(CCc1cnn(C)c1)NN. The minimum Gasteiger partial charge on any atom is -0.384 e.